The normalized spacial score (nSPS) is 26.0. The lowest BCUT2D eigenvalue weighted by Crippen LogP contribution is -2.47. The number of carbonyl (C=O) groups is 1. The molecule has 0 aliphatic carbocycles. The Morgan fingerprint density at radius 3 is 2.90 bits per heavy atom. The molecule has 3 heterocycles. The summed E-state index contributed by atoms with van der Waals surface area (Å²) in [5, 5.41) is 1.20. The highest BCUT2D eigenvalue weighted by Crippen LogP contribution is 2.38. The van der Waals surface area contributed by atoms with E-state index in [9.17, 15) is 4.79 Å². The highest BCUT2D eigenvalue weighted by atomic mass is 32.1. The summed E-state index contributed by atoms with van der Waals surface area (Å²) in [4.78, 5) is 20.1. The zero-order valence-corrected chi connectivity index (χ0v) is 13.8. The molecule has 0 saturated carbocycles. The zero-order valence-electron chi connectivity index (χ0n) is 13.0. The highest BCUT2D eigenvalue weighted by molar-refractivity contribution is 7.11. The summed E-state index contributed by atoms with van der Waals surface area (Å²) in [6.07, 6.45) is 4.80. The maximum atomic E-state index is 12.1. The van der Waals surface area contributed by atoms with Gasteiger partial charge in [-0.05, 0) is 33.1 Å². The van der Waals surface area contributed by atoms with Crippen LogP contribution in [-0.4, -0.2) is 42.1 Å². The van der Waals surface area contributed by atoms with Crippen LogP contribution in [0.1, 0.15) is 41.3 Å². The first kappa shape index (κ1) is 15.0. The summed E-state index contributed by atoms with van der Waals surface area (Å²) in [5.41, 5.74) is 1.40. The Bertz CT molecular complexity index is 501. The van der Waals surface area contributed by atoms with E-state index in [-0.39, 0.29) is 5.41 Å². The standard InChI is InChI=1S/C16H24N2O2S/c1-12-13(2)21-14(17-12)4-3-8-18-10-16(6-5-15(18)19)7-9-20-11-16/h3-11H2,1-2H3/t16-/m0/s1. The van der Waals surface area contributed by atoms with Gasteiger partial charge in [0.2, 0.25) is 5.91 Å². The third-order valence-corrected chi connectivity index (χ3v) is 5.96. The molecule has 0 unspecified atom stereocenters. The summed E-state index contributed by atoms with van der Waals surface area (Å²) in [7, 11) is 0. The number of carbonyl (C=O) groups excluding carboxylic acids is 1. The van der Waals surface area contributed by atoms with E-state index in [1.54, 1.807) is 11.3 Å². The van der Waals surface area contributed by atoms with Crippen LogP contribution in [-0.2, 0) is 16.0 Å². The van der Waals surface area contributed by atoms with Crippen molar-refractivity contribution in [2.75, 3.05) is 26.3 Å². The first-order chi connectivity index (χ1) is 10.1. The van der Waals surface area contributed by atoms with Crippen molar-refractivity contribution in [1.29, 1.82) is 0 Å². The Labute approximate surface area is 130 Å². The monoisotopic (exact) mass is 308 g/mol. The second-order valence-corrected chi connectivity index (χ2v) is 7.76. The van der Waals surface area contributed by atoms with Crippen molar-refractivity contribution >= 4 is 17.2 Å². The number of aromatic nitrogens is 1. The minimum Gasteiger partial charge on any atom is -0.381 e. The van der Waals surface area contributed by atoms with Gasteiger partial charge in [-0.15, -0.1) is 11.3 Å². The molecule has 2 fully saturated rings. The van der Waals surface area contributed by atoms with Gasteiger partial charge in [0, 0.05) is 42.8 Å². The van der Waals surface area contributed by atoms with Gasteiger partial charge < -0.3 is 9.64 Å². The van der Waals surface area contributed by atoms with Crippen LogP contribution in [0.25, 0.3) is 0 Å². The molecule has 0 radical (unpaired) electrons. The van der Waals surface area contributed by atoms with Crippen LogP contribution in [0.3, 0.4) is 0 Å². The Morgan fingerprint density at radius 1 is 1.38 bits per heavy atom. The van der Waals surface area contributed by atoms with Crippen molar-refractivity contribution in [3.63, 3.8) is 0 Å². The van der Waals surface area contributed by atoms with Gasteiger partial charge in [-0.2, -0.15) is 0 Å². The van der Waals surface area contributed by atoms with Crippen LogP contribution in [0, 0.1) is 19.3 Å². The lowest BCUT2D eigenvalue weighted by molar-refractivity contribution is -0.137. The van der Waals surface area contributed by atoms with Crippen LogP contribution < -0.4 is 0 Å². The van der Waals surface area contributed by atoms with Gasteiger partial charge in [-0.3, -0.25) is 4.79 Å². The molecule has 2 aliphatic rings. The van der Waals surface area contributed by atoms with E-state index in [1.807, 2.05) is 0 Å². The maximum absolute atomic E-state index is 12.1. The van der Waals surface area contributed by atoms with E-state index in [0.29, 0.717) is 12.3 Å². The Balaban J connectivity index is 1.52. The van der Waals surface area contributed by atoms with Crippen molar-refractivity contribution in [2.24, 2.45) is 5.41 Å². The lowest BCUT2D eigenvalue weighted by atomic mass is 9.79. The van der Waals surface area contributed by atoms with Gasteiger partial charge in [0.15, 0.2) is 0 Å². The molecule has 0 aromatic carbocycles. The van der Waals surface area contributed by atoms with Crippen LogP contribution in [0.2, 0.25) is 0 Å². The fraction of sp³-hybridized carbons (Fsp3) is 0.750. The molecule has 1 spiro atoms. The Morgan fingerprint density at radius 2 is 2.24 bits per heavy atom. The number of piperidine rings is 1. The fourth-order valence-corrected chi connectivity index (χ4v) is 4.32. The van der Waals surface area contributed by atoms with Gasteiger partial charge in [0.05, 0.1) is 17.3 Å². The lowest BCUT2D eigenvalue weighted by Gasteiger charge is -2.39. The van der Waals surface area contributed by atoms with Crippen molar-refractivity contribution in [3.05, 3.63) is 15.6 Å². The summed E-state index contributed by atoms with van der Waals surface area (Å²) in [6, 6.07) is 0. The molecular weight excluding hydrogens is 284 g/mol. The average molecular weight is 308 g/mol. The molecule has 21 heavy (non-hydrogen) atoms. The van der Waals surface area contributed by atoms with Crippen LogP contribution >= 0.6 is 11.3 Å². The first-order valence-electron chi connectivity index (χ1n) is 7.86. The van der Waals surface area contributed by atoms with Gasteiger partial charge >= 0.3 is 0 Å². The number of hydrogen-bond acceptors (Lipinski definition) is 4. The largest absolute Gasteiger partial charge is 0.381 e. The Hall–Kier alpha value is -0.940. The van der Waals surface area contributed by atoms with Crippen molar-refractivity contribution in [1.82, 2.24) is 9.88 Å². The minimum atomic E-state index is 0.252. The minimum absolute atomic E-state index is 0.252. The summed E-state index contributed by atoms with van der Waals surface area (Å²) < 4.78 is 5.56. The highest BCUT2D eigenvalue weighted by Gasteiger charge is 2.41. The van der Waals surface area contributed by atoms with E-state index in [2.05, 4.69) is 23.7 Å². The molecule has 4 nitrogen and oxygen atoms in total. The second-order valence-electron chi connectivity index (χ2n) is 6.47. The summed E-state index contributed by atoms with van der Waals surface area (Å²) >= 11 is 1.79. The number of nitrogens with zero attached hydrogens (tertiary/aromatic N) is 2. The predicted octanol–water partition coefficient (Wildman–Crippen LogP) is 2.72. The van der Waals surface area contributed by atoms with Crippen LogP contribution in [0.15, 0.2) is 0 Å². The molecule has 0 bridgehead atoms. The van der Waals surface area contributed by atoms with E-state index < -0.39 is 0 Å². The third-order valence-electron chi connectivity index (χ3n) is 4.82. The van der Waals surface area contributed by atoms with E-state index in [0.717, 1.165) is 57.7 Å². The first-order valence-corrected chi connectivity index (χ1v) is 8.68. The van der Waals surface area contributed by atoms with Gasteiger partial charge in [-0.25, -0.2) is 4.98 Å². The molecule has 2 saturated heterocycles. The number of aryl methyl sites for hydroxylation is 3. The number of rotatable bonds is 4. The molecule has 3 rings (SSSR count). The summed E-state index contributed by atoms with van der Waals surface area (Å²) in [6.45, 7) is 7.63. The SMILES string of the molecule is Cc1nc(CCCN2C[C@@]3(CCOC3)CCC2=O)sc1C. The zero-order chi connectivity index (χ0) is 14.9. The topological polar surface area (TPSA) is 42.4 Å². The molecule has 1 amide bonds. The third kappa shape index (κ3) is 3.29. The quantitative estimate of drug-likeness (QED) is 0.859. The van der Waals surface area contributed by atoms with Gasteiger partial charge in [0.25, 0.3) is 0 Å². The van der Waals surface area contributed by atoms with Crippen LogP contribution in [0.5, 0.6) is 0 Å². The van der Waals surface area contributed by atoms with Crippen molar-refractivity contribution < 1.29 is 9.53 Å². The molecule has 1 aromatic rings. The van der Waals surface area contributed by atoms with E-state index >= 15 is 0 Å². The van der Waals surface area contributed by atoms with E-state index in [4.69, 9.17) is 4.74 Å². The molecule has 2 aliphatic heterocycles. The van der Waals surface area contributed by atoms with Gasteiger partial charge in [-0.1, -0.05) is 0 Å². The number of hydrogen-bond donors (Lipinski definition) is 0. The maximum Gasteiger partial charge on any atom is 0.222 e. The Kier molecular flexibility index (Phi) is 4.31. The number of thiazole rings is 1. The summed E-state index contributed by atoms with van der Waals surface area (Å²) in [5.74, 6) is 0.319. The molecular formula is C16H24N2O2S. The molecule has 116 valence electrons. The fourth-order valence-electron chi connectivity index (χ4n) is 3.34. The molecule has 1 aromatic heterocycles. The molecule has 5 heteroatoms. The number of likely N-dealkylation sites (tertiary alicyclic amines) is 1. The molecule has 0 N–H and O–H groups in total. The predicted molar refractivity (Wildman–Crippen MR) is 83.6 cm³/mol. The smallest absolute Gasteiger partial charge is 0.222 e. The number of amides is 1. The average Bonchev–Trinajstić information content (AvgIpc) is 3.03. The number of ether oxygens (including phenoxy) is 1. The second kappa shape index (κ2) is 6.05. The van der Waals surface area contributed by atoms with Gasteiger partial charge in [0.1, 0.15) is 0 Å². The van der Waals surface area contributed by atoms with Crippen molar-refractivity contribution in [2.45, 2.75) is 46.0 Å². The molecule has 1 atom stereocenters. The van der Waals surface area contributed by atoms with Crippen LogP contribution in [0.4, 0.5) is 0 Å². The van der Waals surface area contributed by atoms with E-state index in [1.165, 1.54) is 9.88 Å². The van der Waals surface area contributed by atoms with Crippen molar-refractivity contribution in [3.8, 4) is 0 Å².